The average molecular weight is 359 g/mol. The first-order valence-corrected chi connectivity index (χ1v) is 9.05. The summed E-state index contributed by atoms with van der Waals surface area (Å²) in [6.45, 7) is 2.43. The molecule has 4 nitrogen and oxygen atoms in total. The molecular formula is C16H20F3N3OS. The number of amides is 1. The van der Waals surface area contributed by atoms with Crippen LogP contribution in [0.4, 0.5) is 13.2 Å². The molecule has 1 aliphatic carbocycles. The number of fused-ring (bicyclic) bond motifs is 1. The Morgan fingerprint density at radius 2 is 2.17 bits per heavy atom. The van der Waals surface area contributed by atoms with Crippen molar-refractivity contribution < 1.29 is 18.0 Å². The minimum absolute atomic E-state index is 0.155. The van der Waals surface area contributed by atoms with Gasteiger partial charge in [0, 0.05) is 23.1 Å². The van der Waals surface area contributed by atoms with Crippen LogP contribution in [-0.4, -0.2) is 27.5 Å². The van der Waals surface area contributed by atoms with E-state index in [-0.39, 0.29) is 23.3 Å². The number of hydrogen-bond donors (Lipinski definition) is 1. The molecule has 2 aliphatic rings. The maximum atomic E-state index is 13.1. The average Bonchev–Trinajstić information content (AvgIpc) is 3.09. The van der Waals surface area contributed by atoms with E-state index >= 15 is 0 Å². The second-order valence-electron chi connectivity index (χ2n) is 6.30. The van der Waals surface area contributed by atoms with E-state index < -0.39 is 11.9 Å². The van der Waals surface area contributed by atoms with Crippen molar-refractivity contribution >= 4 is 17.7 Å². The van der Waals surface area contributed by atoms with Gasteiger partial charge in [-0.25, -0.2) is 0 Å². The lowest BCUT2D eigenvalue weighted by Gasteiger charge is -2.16. The number of halogens is 3. The molecule has 1 aromatic rings. The second-order valence-corrected chi connectivity index (χ2v) is 7.45. The van der Waals surface area contributed by atoms with Crippen LogP contribution in [0, 0.1) is 5.92 Å². The van der Waals surface area contributed by atoms with Crippen molar-refractivity contribution in [3.63, 3.8) is 0 Å². The monoisotopic (exact) mass is 359 g/mol. The van der Waals surface area contributed by atoms with Gasteiger partial charge in [-0.2, -0.15) is 18.3 Å². The minimum Gasteiger partial charge on any atom is -0.353 e. The van der Waals surface area contributed by atoms with Crippen LogP contribution in [-0.2, 0) is 30.4 Å². The van der Waals surface area contributed by atoms with Gasteiger partial charge in [0.2, 0.25) is 5.91 Å². The van der Waals surface area contributed by atoms with Gasteiger partial charge in [-0.15, -0.1) is 11.8 Å². The molecule has 0 saturated heterocycles. The van der Waals surface area contributed by atoms with Crippen molar-refractivity contribution in [1.29, 1.82) is 0 Å². The van der Waals surface area contributed by atoms with Gasteiger partial charge in [-0.1, -0.05) is 13.0 Å². The number of alkyl halides is 3. The molecule has 2 atom stereocenters. The van der Waals surface area contributed by atoms with Gasteiger partial charge in [0.25, 0.3) is 0 Å². The summed E-state index contributed by atoms with van der Waals surface area (Å²) in [6.07, 6.45) is 0.113. The number of allylic oxidation sites excluding steroid dienone is 1. The number of rotatable bonds is 4. The molecular weight excluding hydrogens is 339 g/mol. The maximum absolute atomic E-state index is 13.1. The first-order chi connectivity index (χ1) is 11.4. The molecule has 1 aliphatic heterocycles. The van der Waals surface area contributed by atoms with Crippen molar-refractivity contribution in [2.24, 2.45) is 5.92 Å². The molecule has 1 N–H and O–H groups in total. The number of aromatic nitrogens is 2. The van der Waals surface area contributed by atoms with Crippen molar-refractivity contribution in [3.8, 4) is 0 Å². The molecule has 0 bridgehead atoms. The van der Waals surface area contributed by atoms with Crippen molar-refractivity contribution in [2.45, 2.75) is 50.6 Å². The lowest BCUT2D eigenvalue weighted by Crippen LogP contribution is -2.35. The first kappa shape index (κ1) is 17.4. The van der Waals surface area contributed by atoms with Gasteiger partial charge in [0.05, 0.1) is 0 Å². The third kappa shape index (κ3) is 3.63. The SMILES string of the molecule is CC1C=CSC1CNC(=O)Cn1nc(C(F)(F)F)c2c1CCCC2. The minimum atomic E-state index is -4.47. The smallest absolute Gasteiger partial charge is 0.353 e. The van der Waals surface area contributed by atoms with Crippen LogP contribution in [0.3, 0.4) is 0 Å². The van der Waals surface area contributed by atoms with E-state index in [0.29, 0.717) is 31.0 Å². The molecule has 2 heterocycles. The molecule has 0 fully saturated rings. The van der Waals surface area contributed by atoms with E-state index in [4.69, 9.17) is 0 Å². The van der Waals surface area contributed by atoms with Crippen LogP contribution in [0.15, 0.2) is 11.5 Å². The molecule has 1 amide bonds. The Labute approximate surface area is 142 Å². The molecule has 0 saturated carbocycles. The normalized spacial score (nSPS) is 23.3. The van der Waals surface area contributed by atoms with Crippen LogP contribution in [0.1, 0.15) is 36.7 Å². The quantitative estimate of drug-likeness (QED) is 0.898. The number of nitrogens with one attached hydrogen (secondary N) is 1. The second kappa shape index (κ2) is 6.82. The molecule has 0 aromatic carbocycles. The molecule has 1 aromatic heterocycles. The third-order valence-electron chi connectivity index (χ3n) is 4.54. The number of hydrogen-bond acceptors (Lipinski definition) is 3. The molecule has 24 heavy (non-hydrogen) atoms. The third-order valence-corrected chi connectivity index (χ3v) is 5.80. The molecule has 0 spiro atoms. The van der Waals surface area contributed by atoms with Gasteiger partial charge < -0.3 is 5.32 Å². The van der Waals surface area contributed by atoms with E-state index in [0.717, 1.165) is 12.8 Å². The molecule has 132 valence electrons. The standard InChI is InChI=1S/C16H20F3N3OS/c1-10-6-7-24-13(10)8-20-14(23)9-22-12-5-3-2-4-11(12)15(21-22)16(17,18)19/h6-7,10,13H,2-5,8-9H2,1H3,(H,20,23). The zero-order valence-electron chi connectivity index (χ0n) is 13.4. The van der Waals surface area contributed by atoms with Gasteiger partial charge in [0.1, 0.15) is 6.54 Å². The number of carbonyl (C=O) groups excluding carboxylic acids is 1. The van der Waals surface area contributed by atoms with E-state index in [2.05, 4.69) is 23.4 Å². The molecule has 2 unspecified atom stereocenters. The lowest BCUT2D eigenvalue weighted by atomic mass is 9.95. The molecule has 8 heteroatoms. The fraction of sp³-hybridized carbons (Fsp3) is 0.625. The fourth-order valence-corrected chi connectivity index (χ4v) is 4.25. The Morgan fingerprint density at radius 3 is 2.83 bits per heavy atom. The van der Waals surface area contributed by atoms with E-state index in [1.165, 1.54) is 4.68 Å². The van der Waals surface area contributed by atoms with Crippen LogP contribution in [0.25, 0.3) is 0 Å². The highest BCUT2D eigenvalue weighted by Gasteiger charge is 2.39. The van der Waals surface area contributed by atoms with Gasteiger partial charge >= 0.3 is 6.18 Å². The Hall–Kier alpha value is -1.44. The summed E-state index contributed by atoms with van der Waals surface area (Å²) in [5, 5.41) is 8.83. The maximum Gasteiger partial charge on any atom is 0.435 e. The van der Waals surface area contributed by atoms with Gasteiger partial charge in [0.15, 0.2) is 5.69 Å². The topological polar surface area (TPSA) is 46.9 Å². The van der Waals surface area contributed by atoms with Gasteiger partial charge in [-0.3, -0.25) is 9.48 Å². The highest BCUT2D eigenvalue weighted by molar-refractivity contribution is 8.03. The largest absolute Gasteiger partial charge is 0.435 e. The lowest BCUT2D eigenvalue weighted by molar-refractivity contribution is -0.142. The zero-order chi connectivity index (χ0) is 17.3. The summed E-state index contributed by atoms with van der Waals surface area (Å²) in [5.74, 6) is 0.0869. The summed E-state index contributed by atoms with van der Waals surface area (Å²) in [5.41, 5.74) is 0.00823. The molecule has 3 rings (SSSR count). The summed E-state index contributed by atoms with van der Waals surface area (Å²) >= 11 is 1.66. The Balaban J connectivity index is 1.68. The highest BCUT2D eigenvalue weighted by Crippen LogP contribution is 2.35. The molecule has 0 radical (unpaired) electrons. The Morgan fingerprint density at radius 1 is 1.42 bits per heavy atom. The fourth-order valence-electron chi connectivity index (χ4n) is 3.19. The van der Waals surface area contributed by atoms with Gasteiger partial charge in [-0.05, 0) is 37.0 Å². The van der Waals surface area contributed by atoms with E-state index in [1.54, 1.807) is 11.8 Å². The van der Waals surface area contributed by atoms with Crippen LogP contribution in [0.5, 0.6) is 0 Å². The van der Waals surface area contributed by atoms with Crippen LogP contribution >= 0.6 is 11.8 Å². The highest BCUT2D eigenvalue weighted by atomic mass is 32.2. The summed E-state index contributed by atoms with van der Waals surface area (Å²) in [4.78, 5) is 12.1. The van der Waals surface area contributed by atoms with Crippen molar-refractivity contribution in [3.05, 3.63) is 28.4 Å². The van der Waals surface area contributed by atoms with Crippen molar-refractivity contribution in [1.82, 2.24) is 15.1 Å². The Kier molecular flexibility index (Phi) is 4.94. The predicted octanol–water partition coefficient (Wildman–Crippen LogP) is 3.16. The summed E-state index contributed by atoms with van der Waals surface area (Å²) < 4.78 is 40.7. The number of thioether (sulfide) groups is 1. The number of nitrogens with zero attached hydrogens (tertiary/aromatic N) is 2. The van der Waals surface area contributed by atoms with Crippen molar-refractivity contribution in [2.75, 3.05) is 6.54 Å². The predicted molar refractivity (Wildman–Crippen MR) is 86.6 cm³/mol. The van der Waals surface area contributed by atoms with Crippen LogP contribution in [0.2, 0.25) is 0 Å². The zero-order valence-corrected chi connectivity index (χ0v) is 14.2. The summed E-state index contributed by atoms with van der Waals surface area (Å²) in [7, 11) is 0. The van der Waals surface area contributed by atoms with E-state index in [9.17, 15) is 18.0 Å². The first-order valence-electron chi connectivity index (χ1n) is 8.11. The Bertz CT molecular complexity index is 654. The van der Waals surface area contributed by atoms with Crippen LogP contribution < -0.4 is 5.32 Å². The van der Waals surface area contributed by atoms with E-state index in [1.807, 2.05) is 5.41 Å². The summed E-state index contributed by atoms with van der Waals surface area (Å²) in [6, 6.07) is 0. The number of carbonyl (C=O) groups is 1.